The maximum atomic E-state index is 13.4. The molecule has 2 fully saturated rings. The Hall–Kier alpha value is -8.47. The first-order valence-corrected chi connectivity index (χ1v) is 36.5. The standard InChI is InChI=1S/C44H45ClO8.C44H43ClO8/c2*1-48-44(37-18-19-38(45)36(25-37)24-34-17-20-39-35(23-34)21-22-49-39)42(52-28-33-15-9-4-10-16-33)40(50-26-31-11-5-2-6-12-31)41(43(29-46,30-47)53-44)51-27-32-13-7-3-8-14-32/h2-20,23,25,40-42,46-47H,21-22,24,26-30H2,1H3;2-20,23,25,29,40-42,47H,21-22,24,26-28,30H2,1H3/t40-,41-,42+,44-;40-,41-,42+,43-,44-/m00/s1. The minimum absolute atomic E-state index is 0.123. The summed E-state index contributed by atoms with van der Waals surface area (Å²) < 4.78 is 78.7. The van der Waals surface area contributed by atoms with Crippen molar-refractivity contribution in [2.24, 2.45) is 0 Å². The lowest BCUT2D eigenvalue weighted by molar-refractivity contribution is -0.417. The van der Waals surface area contributed by atoms with Crippen molar-refractivity contribution >= 4 is 29.5 Å². The zero-order valence-corrected chi connectivity index (χ0v) is 60.8. The fourth-order valence-electron chi connectivity index (χ4n) is 14.5. The van der Waals surface area contributed by atoms with E-state index >= 15 is 0 Å². The molecular weight excluding hydrogens is 1380 g/mol. The summed E-state index contributed by atoms with van der Waals surface area (Å²) in [5.41, 5.74) is 9.11. The number of aldehydes is 1. The average Bonchev–Trinajstić information content (AvgIpc) is 0.811. The fourth-order valence-corrected chi connectivity index (χ4v) is 14.9. The Balaban J connectivity index is 0.000000188. The van der Waals surface area contributed by atoms with E-state index in [1.165, 1.54) is 19.8 Å². The van der Waals surface area contributed by atoms with Crippen LogP contribution in [0.3, 0.4) is 0 Å². The van der Waals surface area contributed by atoms with Crippen molar-refractivity contribution in [3.05, 3.63) is 343 Å². The van der Waals surface area contributed by atoms with Crippen LogP contribution in [0.5, 0.6) is 11.5 Å². The Labute approximate surface area is 629 Å². The largest absolute Gasteiger partial charge is 0.493 e. The quantitative estimate of drug-likeness (QED) is 0.0360. The molecule has 0 aromatic heterocycles. The molecule has 9 atom stereocenters. The van der Waals surface area contributed by atoms with Crippen LogP contribution in [0.2, 0.25) is 10.0 Å². The Morgan fingerprint density at radius 3 is 1.08 bits per heavy atom. The molecule has 0 bridgehead atoms. The normalized spacial score (nSPS) is 22.8. The molecule has 106 heavy (non-hydrogen) atoms. The van der Waals surface area contributed by atoms with Gasteiger partial charge in [0.05, 0.1) is 72.7 Å². The molecule has 550 valence electrons. The van der Waals surface area contributed by atoms with Crippen molar-refractivity contribution in [3.8, 4) is 11.5 Å². The van der Waals surface area contributed by atoms with Crippen molar-refractivity contribution in [1.82, 2.24) is 0 Å². The van der Waals surface area contributed by atoms with Crippen LogP contribution in [-0.4, -0.2) is 117 Å². The van der Waals surface area contributed by atoms with Crippen LogP contribution in [0.25, 0.3) is 0 Å². The van der Waals surface area contributed by atoms with Gasteiger partial charge < -0.3 is 72.2 Å². The third-order valence-corrected chi connectivity index (χ3v) is 20.8. The Kier molecular flexibility index (Phi) is 25.4. The lowest BCUT2D eigenvalue weighted by atomic mass is 9.80. The van der Waals surface area contributed by atoms with E-state index in [9.17, 15) is 20.1 Å². The molecule has 0 unspecified atom stereocenters. The molecule has 0 amide bonds. The van der Waals surface area contributed by atoms with Crippen molar-refractivity contribution in [2.75, 3.05) is 47.3 Å². The number of aliphatic hydroxyl groups is 3. The van der Waals surface area contributed by atoms with Crippen LogP contribution in [-0.2, 0) is 129 Å². The molecule has 0 aliphatic carbocycles. The number of benzene rings is 10. The molecule has 10 aromatic carbocycles. The average molecular weight is 1470 g/mol. The summed E-state index contributed by atoms with van der Waals surface area (Å²) in [7, 11) is 3.03. The molecule has 3 N–H and O–H groups in total. The molecule has 0 saturated carbocycles. The second kappa shape index (κ2) is 35.5. The zero-order chi connectivity index (χ0) is 73.4. The number of hydrogen-bond donors (Lipinski definition) is 3. The highest BCUT2D eigenvalue weighted by molar-refractivity contribution is 6.31. The van der Waals surface area contributed by atoms with Gasteiger partial charge in [0.2, 0.25) is 11.6 Å². The van der Waals surface area contributed by atoms with Gasteiger partial charge in [-0.15, -0.1) is 0 Å². The van der Waals surface area contributed by atoms with Gasteiger partial charge in [-0.3, -0.25) is 4.79 Å². The molecule has 16 nitrogen and oxygen atoms in total. The zero-order valence-electron chi connectivity index (χ0n) is 59.3. The number of ether oxygens (including phenoxy) is 12. The van der Waals surface area contributed by atoms with Crippen molar-refractivity contribution < 1.29 is 77.0 Å². The number of methoxy groups -OCH3 is 2. The summed E-state index contributed by atoms with van der Waals surface area (Å²) in [6.07, 6.45) is -2.61. The number of aliphatic hydroxyl groups excluding tert-OH is 3. The van der Waals surface area contributed by atoms with Crippen molar-refractivity contribution in [1.29, 1.82) is 0 Å². The van der Waals surface area contributed by atoms with E-state index in [0.29, 0.717) is 53.5 Å². The number of carbonyl (C=O) groups is 1. The van der Waals surface area contributed by atoms with Crippen LogP contribution in [0.4, 0.5) is 0 Å². The molecule has 0 radical (unpaired) electrons. The smallest absolute Gasteiger partial charge is 0.225 e. The second-order valence-corrected chi connectivity index (χ2v) is 27.8. The third kappa shape index (κ3) is 17.1. The van der Waals surface area contributed by atoms with Crippen LogP contribution < -0.4 is 9.47 Å². The predicted molar refractivity (Wildman–Crippen MR) is 402 cm³/mol. The van der Waals surface area contributed by atoms with Gasteiger partial charge in [0.25, 0.3) is 0 Å². The molecule has 4 heterocycles. The molecule has 14 rings (SSSR count). The highest BCUT2D eigenvalue weighted by Crippen LogP contribution is 2.51. The lowest BCUT2D eigenvalue weighted by Gasteiger charge is -2.56. The van der Waals surface area contributed by atoms with Crippen LogP contribution >= 0.6 is 23.2 Å². The number of fused-ring (bicyclic) bond motifs is 2. The van der Waals surface area contributed by atoms with Gasteiger partial charge in [-0.25, -0.2) is 0 Å². The molecule has 4 aliphatic heterocycles. The lowest BCUT2D eigenvalue weighted by Crippen LogP contribution is -2.72. The van der Waals surface area contributed by atoms with E-state index < -0.39 is 79.2 Å². The topological polar surface area (TPSA) is 189 Å². The fraction of sp³-hybridized carbons (Fsp3) is 0.307. The van der Waals surface area contributed by atoms with Gasteiger partial charge in [0.1, 0.15) is 53.7 Å². The first kappa shape index (κ1) is 75.8. The molecule has 2 saturated heterocycles. The highest BCUT2D eigenvalue weighted by atomic mass is 35.5. The second-order valence-electron chi connectivity index (χ2n) is 27.0. The molecular formula is C88H88Cl2O16. The van der Waals surface area contributed by atoms with Crippen molar-refractivity contribution in [3.63, 3.8) is 0 Å². The van der Waals surface area contributed by atoms with E-state index in [-0.39, 0.29) is 39.6 Å². The number of halogens is 2. The summed E-state index contributed by atoms with van der Waals surface area (Å²) in [6, 6.07) is 81.9. The summed E-state index contributed by atoms with van der Waals surface area (Å²) in [6.45, 7) is 0.454. The number of hydrogen-bond acceptors (Lipinski definition) is 16. The number of rotatable bonds is 30. The van der Waals surface area contributed by atoms with Gasteiger partial charge in [-0.05, 0) is 116 Å². The Morgan fingerprint density at radius 2 is 0.726 bits per heavy atom. The van der Waals surface area contributed by atoms with Crippen LogP contribution in [0.15, 0.2) is 255 Å². The van der Waals surface area contributed by atoms with Crippen LogP contribution in [0.1, 0.15) is 77.9 Å². The minimum Gasteiger partial charge on any atom is -0.493 e. The number of carbonyl (C=O) groups excluding carboxylic acids is 1. The van der Waals surface area contributed by atoms with E-state index in [1.807, 2.05) is 231 Å². The summed E-state index contributed by atoms with van der Waals surface area (Å²) in [4.78, 5) is 13.4. The highest BCUT2D eigenvalue weighted by Gasteiger charge is 2.66. The van der Waals surface area contributed by atoms with E-state index in [2.05, 4.69) is 12.1 Å². The molecule has 0 spiro atoms. The Bertz CT molecular complexity index is 4450. The summed E-state index contributed by atoms with van der Waals surface area (Å²) in [5, 5.41) is 34.7. The van der Waals surface area contributed by atoms with Gasteiger partial charge in [-0.2, -0.15) is 0 Å². The predicted octanol–water partition coefficient (Wildman–Crippen LogP) is 14.6. The summed E-state index contributed by atoms with van der Waals surface area (Å²) in [5.74, 6) is -1.65. The van der Waals surface area contributed by atoms with Crippen LogP contribution in [0, 0.1) is 0 Å². The third-order valence-electron chi connectivity index (χ3n) is 20.1. The minimum atomic E-state index is -1.92. The van der Waals surface area contributed by atoms with Crippen molar-refractivity contribution in [2.45, 2.75) is 125 Å². The first-order valence-electron chi connectivity index (χ1n) is 35.7. The molecule has 18 heteroatoms. The van der Waals surface area contributed by atoms with Gasteiger partial charge in [0.15, 0.2) is 11.9 Å². The monoisotopic (exact) mass is 1470 g/mol. The van der Waals surface area contributed by atoms with E-state index in [4.69, 9.17) is 80.0 Å². The maximum absolute atomic E-state index is 13.4. The molecule has 10 aromatic rings. The van der Waals surface area contributed by atoms with Gasteiger partial charge in [-0.1, -0.05) is 242 Å². The maximum Gasteiger partial charge on any atom is 0.225 e. The Morgan fingerprint density at radius 1 is 0.387 bits per heavy atom. The summed E-state index contributed by atoms with van der Waals surface area (Å²) >= 11 is 13.8. The van der Waals surface area contributed by atoms with E-state index in [0.717, 1.165) is 85.5 Å². The van der Waals surface area contributed by atoms with Gasteiger partial charge >= 0.3 is 0 Å². The van der Waals surface area contributed by atoms with E-state index in [1.54, 1.807) is 12.1 Å². The molecule has 4 aliphatic rings. The first-order chi connectivity index (χ1) is 51.9. The van der Waals surface area contributed by atoms with Gasteiger partial charge in [0, 0.05) is 48.2 Å². The SMILES string of the molecule is CO[C@@]1(c2ccc(Cl)c(Cc3ccc4c(c3)CCO4)c2)OC(CO)(CO)[C@@H](OCc2ccccc2)[C@H](OCc2ccccc2)[C@H]1OCc1ccccc1.CO[C@@]1(c2ccc(Cl)c(Cc3ccc4c(c3)CCO4)c2)O[C@@](C=O)(CO)[C@@H](OCc2ccccc2)[C@H](OCc2ccccc2)[C@H]1OCc1ccccc1.